The molecule has 6 nitrogen and oxygen atoms in total. The number of nitrogens with zero attached hydrogens (tertiary/aromatic N) is 2. The molecule has 0 aliphatic rings. The smallest absolute Gasteiger partial charge is 0.278 e. The number of aromatic nitrogens is 1. The molecule has 0 aliphatic carbocycles. The summed E-state index contributed by atoms with van der Waals surface area (Å²) in [6, 6.07) is 4.91. The van der Waals surface area contributed by atoms with Crippen molar-refractivity contribution < 1.29 is 10.0 Å². The SMILES string of the molecule is CC(C)(CO)CNc1ccc([N+](=O)[O-])c2cnccc12. The number of benzene rings is 1. The Bertz CT molecular complexity index is 641. The van der Waals surface area contributed by atoms with Gasteiger partial charge in [0.2, 0.25) is 0 Å². The topological polar surface area (TPSA) is 88.3 Å². The monoisotopic (exact) mass is 275 g/mol. The number of nitro groups is 1. The van der Waals surface area contributed by atoms with Gasteiger partial charge in [-0.05, 0) is 12.1 Å². The lowest BCUT2D eigenvalue weighted by atomic mass is 9.94. The van der Waals surface area contributed by atoms with Crippen molar-refractivity contribution in [2.24, 2.45) is 5.41 Å². The predicted molar refractivity (Wildman–Crippen MR) is 77.8 cm³/mol. The first-order valence-electron chi connectivity index (χ1n) is 6.30. The molecule has 2 aromatic rings. The molecule has 1 aromatic carbocycles. The van der Waals surface area contributed by atoms with Gasteiger partial charge in [0.1, 0.15) is 0 Å². The molecule has 0 unspecified atom stereocenters. The van der Waals surface area contributed by atoms with Gasteiger partial charge in [0.15, 0.2) is 0 Å². The second-order valence-corrected chi connectivity index (χ2v) is 5.49. The number of anilines is 1. The van der Waals surface area contributed by atoms with Crippen molar-refractivity contribution in [2.75, 3.05) is 18.5 Å². The third-order valence-electron chi connectivity index (χ3n) is 3.18. The lowest BCUT2D eigenvalue weighted by molar-refractivity contribution is -0.383. The molecule has 0 radical (unpaired) electrons. The summed E-state index contributed by atoms with van der Waals surface area (Å²) in [4.78, 5) is 14.6. The van der Waals surface area contributed by atoms with E-state index < -0.39 is 4.92 Å². The summed E-state index contributed by atoms with van der Waals surface area (Å²) in [5, 5.41) is 24.8. The number of hydrogen-bond donors (Lipinski definition) is 2. The molecule has 1 aromatic heterocycles. The number of hydrogen-bond acceptors (Lipinski definition) is 5. The fraction of sp³-hybridized carbons (Fsp3) is 0.357. The Balaban J connectivity index is 2.41. The van der Waals surface area contributed by atoms with Gasteiger partial charge in [-0.1, -0.05) is 13.8 Å². The summed E-state index contributed by atoms with van der Waals surface area (Å²) in [5.41, 5.74) is 0.579. The molecule has 0 saturated carbocycles. The molecule has 0 bridgehead atoms. The molecule has 0 spiro atoms. The average molecular weight is 275 g/mol. The van der Waals surface area contributed by atoms with Crippen LogP contribution < -0.4 is 5.32 Å². The fourth-order valence-corrected chi connectivity index (χ4v) is 1.88. The van der Waals surface area contributed by atoms with E-state index in [0.29, 0.717) is 11.9 Å². The minimum atomic E-state index is -0.411. The Morgan fingerprint density at radius 2 is 2.10 bits per heavy atom. The lowest BCUT2D eigenvalue weighted by Crippen LogP contribution is -2.26. The highest BCUT2D eigenvalue weighted by Gasteiger charge is 2.18. The first-order valence-corrected chi connectivity index (χ1v) is 6.30. The Morgan fingerprint density at radius 3 is 2.75 bits per heavy atom. The molecule has 0 aliphatic heterocycles. The lowest BCUT2D eigenvalue weighted by Gasteiger charge is -2.23. The van der Waals surface area contributed by atoms with Gasteiger partial charge in [0, 0.05) is 48.1 Å². The standard InChI is InChI=1S/C14H17N3O3/c1-14(2,9-18)8-16-12-3-4-13(17(19)20)11-7-15-6-5-10(11)12/h3-7,16,18H,8-9H2,1-2H3. The van der Waals surface area contributed by atoms with Crippen LogP contribution in [0.3, 0.4) is 0 Å². The highest BCUT2D eigenvalue weighted by atomic mass is 16.6. The zero-order chi connectivity index (χ0) is 14.8. The van der Waals surface area contributed by atoms with Crippen LogP contribution in [0.5, 0.6) is 0 Å². The van der Waals surface area contributed by atoms with E-state index in [9.17, 15) is 15.2 Å². The van der Waals surface area contributed by atoms with Gasteiger partial charge >= 0.3 is 0 Å². The number of nitro benzene ring substituents is 1. The van der Waals surface area contributed by atoms with Gasteiger partial charge in [-0.25, -0.2) is 0 Å². The molecular weight excluding hydrogens is 258 g/mol. The summed E-state index contributed by atoms with van der Waals surface area (Å²) in [6.07, 6.45) is 3.10. The number of non-ortho nitro benzene ring substituents is 1. The summed E-state index contributed by atoms with van der Waals surface area (Å²) >= 11 is 0. The third-order valence-corrected chi connectivity index (χ3v) is 3.18. The molecule has 0 fully saturated rings. The molecule has 2 N–H and O–H groups in total. The van der Waals surface area contributed by atoms with E-state index in [4.69, 9.17) is 0 Å². The zero-order valence-corrected chi connectivity index (χ0v) is 11.5. The number of aliphatic hydroxyl groups excluding tert-OH is 1. The number of pyridine rings is 1. The fourth-order valence-electron chi connectivity index (χ4n) is 1.88. The minimum absolute atomic E-state index is 0.0417. The van der Waals surface area contributed by atoms with Crippen molar-refractivity contribution in [2.45, 2.75) is 13.8 Å². The van der Waals surface area contributed by atoms with Crippen molar-refractivity contribution in [3.05, 3.63) is 40.7 Å². The summed E-state index contributed by atoms with van der Waals surface area (Å²) in [7, 11) is 0. The molecule has 6 heteroatoms. The Labute approximate surface area is 116 Å². The summed E-state index contributed by atoms with van der Waals surface area (Å²) in [6.45, 7) is 4.51. The minimum Gasteiger partial charge on any atom is -0.396 e. The molecule has 0 amide bonds. The quantitative estimate of drug-likeness (QED) is 0.646. The van der Waals surface area contributed by atoms with Gasteiger partial charge in [-0.15, -0.1) is 0 Å². The van der Waals surface area contributed by atoms with Crippen LogP contribution in [-0.2, 0) is 0 Å². The Hall–Kier alpha value is -2.21. The largest absolute Gasteiger partial charge is 0.396 e. The van der Waals surface area contributed by atoms with Crippen LogP contribution in [-0.4, -0.2) is 28.2 Å². The number of nitrogens with one attached hydrogen (secondary N) is 1. The summed E-state index contributed by atoms with van der Waals surface area (Å²) < 4.78 is 0. The third kappa shape index (κ3) is 2.85. The number of fused-ring (bicyclic) bond motifs is 1. The number of rotatable bonds is 5. The molecule has 20 heavy (non-hydrogen) atoms. The Morgan fingerprint density at radius 1 is 1.35 bits per heavy atom. The van der Waals surface area contributed by atoms with Crippen molar-refractivity contribution in [1.29, 1.82) is 0 Å². The second-order valence-electron chi connectivity index (χ2n) is 5.49. The molecule has 0 saturated heterocycles. The number of aliphatic hydroxyl groups is 1. The van der Waals surface area contributed by atoms with Gasteiger partial charge in [-0.2, -0.15) is 0 Å². The zero-order valence-electron chi connectivity index (χ0n) is 11.5. The van der Waals surface area contributed by atoms with Crippen LogP contribution in [0.25, 0.3) is 10.8 Å². The Kier molecular flexibility index (Phi) is 3.85. The van der Waals surface area contributed by atoms with E-state index >= 15 is 0 Å². The first kappa shape index (κ1) is 14.2. The average Bonchev–Trinajstić information content (AvgIpc) is 2.44. The highest BCUT2D eigenvalue weighted by Crippen LogP contribution is 2.31. The summed E-state index contributed by atoms with van der Waals surface area (Å²) in [5.74, 6) is 0. The van der Waals surface area contributed by atoms with E-state index in [-0.39, 0.29) is 17.7 Å². The van der Waals surface area contributed by atoms with E-state index in [1.54, 1.807) is 18.3 Å². The van der Waals surface area contributed by atoms with Crippen molar-refractivity contribution in [3.63, 3.8) is 0 Å². The van der Waals surface area contributed by atoms with Crippen molar-refractivity contribution in [3.8, 4) is 0 Å². The van der Waals surface area contributed by atoms with Crippen LogP contribution >= 0.6 is 0 Å². The molecule has 2 rings (SSSR count). The van der Waals surface area contributed by atoms with E-state index in [1.165, 1.54) is 12.3 Å². The van der Waals surface area contributed by atoms with Gasteiger partial charge in [-0.3, -0.25) is 15.1 Å². The second kappa shape index (κ2) is 5.42. The van der Waals surface area contributed by atoms with Crippen LogP contribution in [0.4, 0.5) is 11.4 Å². The maximum absolute atomic E-state index is 11.0. The molecular formula is C14H17N3O3. The normalized spacial score (nSPS) is 11.6. The molecule has 0 atom stereocenters. The van der Waals surface area contributed by atoms with Crippen LogP contribution in [0.2, 0.25) is 0 Å². The van der Waals surface area contributed by atoms with Crippen LogP contribution in [0.15, 0.2) is 30.6 Å². The molecule has 106 valence electrons. The van der Waals surface area contributed by atoms with Gasteiger partial charge in [0.25, 0.3) is 5.69 Å². The first-order chi connectivity index (χ1) is 9.44. The van der Waals surface area contributed by atoms with Crippen molar-refractivity contribution in [1.82, 2.24) is 4.98 Å². The molecule has 1 heterocycles. The van der Waals surface area contributed by atoms with Gasteiger partial charge < -0.3 is 10.4 Å². The van der Waals surface area contributed by atoms with Crippen LogP contribution in [0.1, 0.15) is 13.8 Å². The maximum Gasteiger partial charge on any atom is 0.278 e. The highest BCUT2D eigenvalue weighted by molar-refractivity contribution is 5.99. The van der Waals surface area contributed by atoms with Gasteiger partial charge in [0.05, 0.1) is 10.3 Å². The predicted octanol–water partition coefficient (Wildman–Crippen LogP) is 2.57. The van der Waals surface area contributed by atoms with E-state index in [0.717, 1.165) is 11.1 Å². The maximum atomic E-state index is 11.0. The van der Waals surface area contributed by atoms with E-state index in [2.05, 4.69) is 10.3 Å². The van der Waals surface area contributed by atoms with E-state index in [1.807, 2.05) is 13.8 Å². The van der Waals surface area contributed by atoms with Crippen LogP contribution in [0, 0.1) is 15.5 Å². The van der Waals surface area contributed by atoms with Crippen molar-refractivity contribution >= 4 is 22.1 Å².